The third-order valence-electron chi connectivity index (χ3n) is 4.84. The molecule has 0 spiro atoms. The van der Waals surface area contributed by atoms with E-state index in [0.29, 0.717) is 5.92 Å². The Morgan fingerprint density at radius 2 is 1.08 bits per heavy atom. The summed E-state index contributed by atoms with van der Waals surface area (Å²) in [5.74, 6) is 0.461. The van der Waals surface area contributed by atoms with Gasteiger partial charge in [-0.2, -0.15) is 0 Å². The molecule has 0 amide bonds. The molecular formula is C24H26O. The molecule has 0 radical (unpaired) electrons. The van der Waals surface area contributed by atoms with E-state index in [1.165, 1.54) is 5.56 Å². The summed E-state index contributed by atoms with van der Waals surface area (Å²) in [4.78, 5) is 0. The molecule has 0 aliphatic heterocycles. The summed E-state index contributed by atoms with van der Waals surface area (Å²) in [6.07, 6.45) is 0.907. The molecule has 1 heteroatoms. The lowest BCUT2D eigenvalue weighted by Crippen LogP contribution is -2.35. The largest absolute Gasteiger partial charge is 0.380 e. The normalized spacial score (nSPS) is 13.0. The van der Waals surface area contributed by atoms with E-state index in [-0.39, 0.29) is 5.92 Å². The highest BCUT2D eigenvalue weighted by Gasteiger charge is 2.41. The Labute approximate surface area is 151 Å². The Hall–Kier alpha value is -2.38. The Morgan fingerprint density at radius 1 is 0.680 bits per heavy atom. The fourth-order valence-electron chi connectivity index (χ4n) is 3.66. The van der Waals surface area contributed by atoms with Crippen LogP contribution in [0.3, 0.4) is 0 Å². The van der Waals surface area contributed by atoms with Crippen LogP contribution in [0.25, 0.3) is 0 Å². The van der Waals surface area contributed by atoms with Gasteiger partial charge in [0.2, 0.25) is 0 Å². The Kier molecular flexibility index (Phi) is 5.35. The van der Waals surface area contributed by atoms with Crippen molar-refractivity contribution in [1.82, 2.24) is 0 Å². The second-order valence-electron chi connectivity index (χ2n) is 7.09. The van der Waals surface area contributed by atoms with E-state index in [4.69, 9.17) is 0 Å². The van der Waals surface area contributed by atoms with Gasteiger partial charge < -0.3 is 5.11 Å². The summed E-state index contributed by atoms with van der Waals surface area (Å²) in [6, 6.07) is 30.5. The van der Waals surface area contributed by atoms with Gasteiger partial charge in [0, 0.05) is 5.92 Å². The summed E-state index contributed by atoms with van der Waals surface area (Å²) in [6.45, 7) is 4.43. The third-order valence-corrected chi connectivity index (χ3v) is 4.84. The topological polar surface area (TPSA) is 20.2 Å². The molecule has 0 unspecified atom stereocenters. The molecule has 1 N–H and O–H groups in total. The molecule has 3 aromatic carbocycles. The van der Waals surface area contributed by atoms with E-state index in [1.807, 2.05) is 66.7 Å². The highest BCUT2D eigenvalue weighted by Crippen LogP contribution is 2.45. The predicted octanol–water partition coefficient (Wildman–Crippen LogP) is 5.75. The monoisotopic (exact) mass is 330 g/mol. The molecule has 0 fully saturated rings. The zero-order valence-electron chi connectivity index (χ0n) is 15.0. The average Bonchev–Trinajstić information content (AvgIpc) is 2.67. The van der Waals surface area contributed by atoms with Crippen LogP contribution in [0.2, 0.25) is 0 Å². The van der Waals surface area contributed by atoms with Crippen molar-refractivity contribution < 1.29 is 5.11 Å². The van der Waals surface area contributed by atoms with Crippen molar-refractivity contribution in [3.63, 3.8) is 0 Å². The van der Waals surface area contributed by atoms with E-state index in [2.05, 4.69) is 38.1 Å². The maximum absolute atomic E-state index is 12.1. The van der Waals surface area contributed by atoms with E-state index < -0.39 is 5.60 Å². The lowest BCUT2D eigenvalue weighted by molar-refractivity contribution is 0.0414. The van der Waals surface area contributed by atoms with Gasteiger partial charge in [0.05, 0.1) is 0 Å². The van der Waals surface area contributed by atoms with Gasteiger partial charge in [-0.1, -0.05) is 105 Å². The molecule has 1 atom stereocenters. The molecule has 0 aromatic heterocycles. The minimum absolute atomic E-state index is 0.0153. The zero-order valence-corrected chi connectivity index (χ0v) is 15.0. The minimum atomic E-state index is -1.06. The van der Waals surface area contributed by atoms with E-state index >= 15 is 0 Å². The highest BCUT2D eigenvalue weighted by atomic mass is 16.3. The van der Waals surface area contributed by atoms with Crippen molar-refractivity contribution in [3.8, 4) is 0 Å². The first kappa shape index (κ1) is 17.4. The summed E-state index contributed by atoms with van der Waals surface area (Å²) in [5, 5.41) is 12.1. The summed E-state index contributed by atoms with van der Waals surface area (Å²) in [7, 11) is 0. The standard InChI is InChI=1S/C24H26O/c1-19(2)18-23(20-12-6-3-7-13-20)24(25,21-14-8-4-9-15-21)22-16-10-5-11-17-22/h3-17,19,23,25H,18H2,1-2H3/t23-/m0/s1. The van der Waals surface area contributed by atoms with Gasteiger partial charge >= 0.3 is 0 Å². The van der Waals surface area contributed by atoms with Gasteiger partial charge in [0.25, 0.3) is 0 Å². The SMILES string of the molecule is CC(C)C[C@@H](c1ccccc1)C(O)(c1ccccc1)c1ccccc1. The van der Waals surface area contributed by atoms with Gasteiger partial charge in [-0.3, -0.25) is 0 Å². The number of benzene rings is 3. The molecular weight excluding hydrogens is 304 g/mol. The summed E-state index contributed by atoms with van der Waals surface area (Å²) >= 11 is 0. The molecule has 128 valence electrons. The molecule has 0 saturated heterocycles. The second kappa shape index (κ2) is 7.67. The lowest BCUT2D eigenvalue weighted by atomic mass is 9.70. The quantitative estimate of drug-likeness (QED) is 0.610. The molecule has 0 aliphatic rings. The van der Waals surface area contributed by atoms with Crippen molar-refractivity contribution in [2.24, 2.45) is 5.92 Å². The van der Waals surface area contributed by atoms with Crippen LogP contribution < -0.4 is 0 Å². The molecule has 3 rings (SSSR count). The molecule has 3 aromatic rings. The van der Waals surface area contributed by atoms with E-state index in [0.717, 1.165) is 17.5 Å². The van der Waals surface area contributed by atoms with Gasteiger partial charge in [-0.15, -0.1) is 0 Å². The number of aliphatic hydroxyl groups is 1. The number of rotatable bonds is 6. The fraction of sp³-hybridized carbons (Fsp3) is 0.250. The molecule has 0 bridgehead atoms. The van der Waals surface area contributed by atoms with Crippen molar-refractivity contribution >= 4 is 0 Å². The molecule has 25 heavy (non-hydrogen) atoms. The van der Waals surface area contributed by atoms with Crippen LogP contribution in [0, 0.1) is 5.92 Å². The van der Waals surface area contributed by atoms with E-state index in [1.54, 1.807) is 0 Å². The van der Waals surface area contributed by atoms with Crippen molar-refractivity contribution in [1.29, 1.82) is 0 Å². The molecule has 0 aliphatic carbocycles. The van der Waals surface area contributed by atoms with Crippen LogP contribution in [0.1, 0.15) is 42.9 Å². The maximum Gasteiger partial charge on any atom is 0.121 e. The Balaban J connectivity index is 2.21. The minimum Gasteiger partial charge on any atom is -0.380 e. The number of hydrogen-bond donors (Lipinski definition) is 1. The van der Waals surface area contributed by atoms with E-state index in [9.17, 15) is 5.11 Å². The van der Waals surface area contributed by atoms with Gasteiger partial charge in [0.15, 0.2) is 0 Å². The zero-order chi connectivity index (χ0) is 17.7. The summed E-state index contributed by atoms with van der Waals surface area (Å²) < 4.78 is 0. The average molecular weight is 330 g/mol. The smallest absolute Gasteiger partial charge is 0.121 e. The van der Waals surface area contributed by atoms with Crippen molar-refractivity contribution in [3.05, 3.63) is 108 Å². The number of hydrogen-bond acceptors (Lipinski definition) is 1. The third kappa shape index (κ3) is 3.67. The van der Waals surface area contributed by atoms with Gasteiger partial charge in [-0.25, -0.2) is 0 Å². The lowest BCUT2D eigenvalue weighted by Gasteiger charge is -2.39. The van der Waals surface area contributed by atoms with Crippen LogP contribution >= 0.6 is 0 Å². The Morgan fingerprint density at radius 3 is 1.48 bits per heavy atom. The van der Waals surface area contributed by atoms with Crippen molar-refractivity contribution in [2.75, 3.05) is 0 Å². The predicted molar refractivity (Wildman–Crippen MR) is 105 cm³/mol. The van der Waals surface area contributed by atoms with Crippen LogP contribution in [0.4, 0.5) is 0 Å². The maximum atomic E-state index is 12.1. The van der Waals surface area contributed by atoms with Gasteiger partial charge in [0.1, 0.15) is 5.60 Å². The van der Waals surface area contributed by atoms with Crippen LogP contribution in [-0.2, 0) is 5.60 Å². The first-order valence-electron chi connectivity index (χ1n) is 9.00. The van der Waals surface area contributed by atoms with Crippen LogP contribution in [0.5, 0.6) is 0 Å². The second-order valence-corrected chi connectivity index (χ2v) is 7.09. The van der Waals surface area contributed by atoms with Crippen molar-refractivity contribution in [2.45, 2.75) is 31.8 Å². The molecule has 1 nitrogen and oxygen atoms in total. The molecule has 0 saturated carbocycles. The Bertz CT molecular complexity index is 723. The highest BCUT2D eigenvalue weighted by molar-refractivity contribution is 5.41. The molecule has 0 heterocycles. The first-order valence-corrected chi connectivity index (χ1v) is 9.00. The van der Waals surface area contributed by atoms with Gasteiger partial charge in [-0.05, 0) is 29.0 Å². The fourth-order valence-corrected chi connectivity index (χ4v) is 3.66. The van der Waals surface area contributed by atoms with Crippen LogP contribution in [0.15, 0.2) is 91.0 Å². The summed E-state index contributed by atoms with van der Waals surface area (Å²) in [5.41, 5.74) is 1.99. The first-order chi connectivity index (χ1) is 12.1. The van der Waals surface area contributed by atoms with Crippen LogP contribution in [-0.4, -0.2) is 5.11 Å².